The Hall–Kier alpha value is -0.200. The van der Waals surface area contributed by atoms with Gasteiger partial charge in [-0.1, -0.05) is 6.92 Å². The van der Waals surface area contributed by atoms with Gasteiger partial charge in [-0.15, -0.1) is 0 Å². The van der Waals surface area contributed by atoms with Gasteiger partial charge in [-0.25, -0.2) is 0 Å². The second-order valence-corrected chi connectivity index (χ2v) is 5.32. The number of nitrogens with one attached hydrogen (secondary N) is 1. The number of methoxy groups -OCH3 is 1. The summed E-state index contributed by atoms with van der Waals surface area (Å²) in [7, 11) is 1.66. The average molecular weight is 274 g/mol. The van der Waals surface area contributed by atoms with E-state index >= 15 is 0 Å². The van der Waals surface area contributed by atoms with Crippen LogP contribution in [0, 0.1) is 0 Å². The summed E-state index contributed by atoms with van der Waals surface area (Å²) in [5, 5.41) is 13.4. The first-order chi connectivity index (χ1) is 9.17. The number of ether oxygens (including phenoxy) is 2. The maximum Gasteiger partial charge on any atom is 0.0900 e. The van der Waals surface area contributed by atoms with E-state index in [0.29, 0.717) is 25.8 Å². The number of piperidine rings is 1. The molecule has 5 heteroatoms. The zero-order valence-corrected chi connectivity index (χ0v) is 12.6. The Bertz CT molecular complexity index is 223. The van der Waals surface area contributed by atoms with E-state index < -0.39 is 6.10 Å². The van der Waals surface area contributed by atoms with E-state index in [9.17, 15) is 5.11 Å². The van der Waals surface area contributed by atoms with E-state index in [0.717, 1.165) is 19.6 Å². The van der Waals surface area contributed by atoms with Crippen LogP contribution in [-0.2, 0) is 9.47 Å². The Labute approximate surface area is 117 Å². The quantitative estimate of drug-likeness (QED) is 0.640. The molecule has 114 valence electrons. The maximum absolute atomic E-state index is 10.1. The first-order valence-electron chi connectivity index (χ1n) is 7.40. The highest BCUT2D eigenvalue weighted by atomic mass is 16.5. The maximum atomic E-state index is 10.1. The molecule has 1 fully saturated rings. The molecule has 0 amide bonds. The monoisotopic (exact) mass is 274 g/mol. The van der Waals surface area contributed by atoms with Crippen LogP contribution >= 0.6 is 0 Å². The highest BCUT2D eigenvalue weighted by Crippen LogP contribution is 2.12. The molecule has 0 aromatic rings. The molecular weight excluding hydrogens is 244 g/mol. The van der Waals surface area contributed by atoms with Gasteiger partial charge in [0.25, 0.3) is 0 Å². The second kappa shape index (κ2) is 9.66. The lowest BCUT2D eigenvalue weighted by Crippen LogP contribution is -2.46. The Morgan fingerprint density at radius 2 is 2.00 bits per heavy atom. The van der Waals surface area contributed by atoms with Crippen LogP contribution in [-0.4, -0.2) is 74.8 Å². The first-order valence-corrected chi connectivity index (χ1v) is 7.40. The minimum atomic E-state index is -0.422. The van der Waals surface area contributed by atoms with Crippen molar-refractivity contribution in [3.05, 3.63) is 0 Å². The van der Waals surface area contributed by atoms with Crippen molar-refractivity contribution in [1.29, 1.82) is 0 Å². The molecule has 0 radical (unpaired) electrons. The molecule has 0 saturated carbocycles. The summed E-state index contributed by atoms with van der Waals surface area (Å²) in [5.74, 6) is 0. The number of hydrogen-bond acceptors (Lipinski definition) is 5. The third-order valence-corrected chi connectivity index (χ3v) is 3.65. The molecule has 19 heavy (non-hydrogen) atoms. The summed E-state index contributed by atoms with van der Waals surface area (Å²) in [6, 6.07) is 0.595. The fourth-order valence-corrected chi connectivity index (χ4v) is 2.59. The summed E-state index contributed by atoms with van der Waals surface area (Å²) >= 11 is 0. The molecule has 5 nitrogen and oxygen atoms in total. The normalized spacial score (nSPS) is 20.7. The van der Waals surface area contributed by atoms with E-state index in [2.05, 4.69) is 17.1 Å². The number of nitrogens with zero attached hydrogens (tertiary/aromatic N) is 1. The van der Waals surface area contributed by atoms with Crippen LogP contribution in [0.4, 0.5) is 0 Å². The van der Waals surface area contributed by atoms with Gasteiger partial charge in [-0.3, -0.25) is 4.90 Å². The van der Waals surface area contributed by atoms with Gasteiger partial charge in [0, 0.05) is 19.7 Å². The molecule has 0 aromatic heterocycles. The molecule has 2 N–H and O–H groups in total. The third-order valence-electron chi connectivity index (χ3n) is 3.65. The van der Waals surface area contributed by atoms with Crippen molar-refractivity contribution in [2.24, 2.45) is 0 Å². The minimum absolute atomic E-state index is 0.0357. The Morgan fingerprint density at radius 1 is 1.32 bits per heavy atom. The van der Waals surface area contributed by atoms with Gasteiger partial charge in [0.15, 0.2) is 0 Å². The number of aliphatic hydroxyl groups is 1. The van der Waals surface area contributed by atoms with Crippen molar-refractivity contribution in [3.63, 3.8) is 0 Å². The molecule has 1 rings (SSSR count). The molecule has 1 aliphatic rings. The molecule has 2 unspecified atom stereocenters. The van der Waals surface area contributed by atoms with Crippen LogP contribution in [0.5, 0.6) is 0 Å². The molecule has 0 bridgehead atoms. The predicted molar refractivity (Wildman–Crippen MR) is 76.4 cm³/mol. The minimum Gasteiger partial charge on any atom is -0.389 e. The van der Waals surface area contributed by atoms with E-state index in [1.165, 1.54) is 12.8 Å². The van der Waals surface area contributed by atoms with Crippen molar-refractivity contribution in [1.82, 2.24) is 10.2 Å². The summed E-state index contributed by atoms with van der Waals surface area (Å²) in [5.41, 5.74) is 0. The van der Waals surface area contributed by atoms with Crippen molar-refractivity contribution >= 4 is 0 Å². The molecular formula is C14H30N2O3. The SMILES string of the molecule is CCN(CC(O)COC(C)COC)C1CCNCC1. The lowest BCUT2D eigenvalue weighted by Gasteiger charge is -2.35. The summed E-state index contributed by atoms with van der Waals surface area (Å²) in [6.07, 6.45) is 1.95. The van der Waals surface area contributed by atoms with E-state index in [1.54, 1.807) is 7.11 Å². The van der Waals surface area contributed by atoms with Crippen LogP contribution in [0.2, 0.25) is 0 Å². The smallest absolute Gasteiger partial charge is 0.0900 e. The Kier molecular flexibility index (Phi) is 8.57. The highest BCUT2D eigenvalue weighted by Gasteiger charge is 2.22. The summed E-state index contributed by atoms with van der Waals surface area (Å²) < 4.78 is 10.6. The van der Waals surface area contributed by atoms with Crippen LogP contribution < -0.4 is 5.32 Å². The van der Waals surface area contributed by atoms with Gasteiger partial charge in [0.2, 0.25) is 0 Å². The van der Waals surface area contributed by atoms with Gasteiger partial charge < -0.3 is 19.9 Å². The van der Waals surface area contributed by atoms with Crippen molar-refractivity contribution in [2.45, 2.75) is 44.9 Å². The van der Waals surface area contributed by atoms with Crippen LogP contribution in [0.15, 0.2) is 0 Å². The lowest BCUT2D eigenvalue weighted by molar-refractivity contribution is -0.0434. The Morgan fingerprint density at radius 3 is 2.58 bits per heavy atom. The van der Waals surface area contributed by atoms with Gasteiger partial charge in [-0.05, 0) is 39.4 Å². The van der Waals surface area contributed by atoms with E-state index in [-0.39, 0.29) is 6.10 Å². The first kappa shape index (κ1) is 16.9. The molecule has 2 atom stereocenters. The number of hydrogen-bond donors (Lipinski definition) is 2. The van der Waals surface area contributed by atoms with Gasteiger partial charge in [0.05, 0.1) is 25.4 Å². The van der Waals surface area contributed by atoms with Gasteiger partial charge in [0.1, 0.15) is 0 Å². The Balaban J connectivity index is 2.25. The fourth-order valence-electron chi connectivity index (χ4n) is 2.59. The summed E-state index contributed by atoms with van der Waals surface area (Å²) in [4.78, 5) is 2.37. The number of aliphatic hydroxyl groups excluding tert-OH is 1. The van der Waals surface area contributed by atoms with Crippen LogP contribution in [0.1, 0.15) is 26.7 Å². The third kappa shape index (κ3) is 6.68. The van der Waals surface area contributed by atoms with E-state index in [4.69, 9.17) is 9.47 Å². The zero-order chi connectivity index (χ0) is 14.1. The molecule has 1 aliphatic heterocycles. The van der Waals surface area contributed by atoms with Crippen molar-refractivity contribution in [3.8, 4) is 0 Å². The molecule has 0 spiro atoms. The predicted octanol–water partition coefficient (Wildman–Crippen LogP) is 0.473. The van der Waals surface area contributed by atoms with Crippen molar-refractivity contribution in [2.75, 3.05) is 46.5 Å². The van der Waals surface area contributed by atoms with Gasteiger partial charge in [-0.2, -0.15) is 0 Å². The van der Waals surface area contributed by atoms with Crippen LogP contribution in [0.25, 0.3) is 0 Å². The molecule has 0 aromatic carbocycles. The standard InChI is InChI=1S/C14H30N2O3/c1-4-16(13-5-7-15-8-6-13)9-14(17)11-19-12(2)10-18-3/h12-15,17H,4-11H2,1-3H3. The summed E-state index contributed by atoms with van der Waals surface area (Å²) in [6.45, 7) is 8.90. The van der Waals surface area contributed by atoms with E-state index in [1.807, 2.05) is 6.92 Å². The second-order valence-electron chi connectivity index (χ2n) is 5.32. The average Bonchev–Trinajstić information content (AvgIpc) is 2.44. The highest BCUT2D eigenvalue weighted by molar-refractivity contribution is 4.78. The molecule has 0 aliphatic carbocycles. The molecule has 1 heterocycles. The fraction of sp³-hybridized carbons (Fsp3) is 1.00. The van der Waals surface area contributed by atoms with Crippen LogP contribution in [0.3, 0.4) is 0 Å². The zero-order valence-electron chi connectivity index (χ0n) is 12.6. The number of likely N-dealkylation sites (N-methyl/N-ethyl adjacent to an activating group) is 1. The van der Waals surface area contributed by atoms with Gasteiger partial charge >= 0.3 is 0 Å². The number of rotatable bonds is 9. The van der Waals surface area contributed by atoms with Crippen molar-refractivity contribution < 1.29 is 14.6 Å². The largest absolute Gasteiger partial charge is 0.389 e. The topological polar surface area (TPSA) is 54.0 Å². The lowest BCUT2D eigenvalue weighted by atomic mass is 10.0. The molecule has 1 saturated heterocycles.